The van der Waals surface area contributed by atoms with E-state index >= 15 is 0 Å². The topological polar surface area (TPSA) is 72.8 Å². The predicted octanol–water partition coefficient (Wildman–Crippen LogP) is 1.69. The second-order valence-corrected chi connectivity index (χ2v) is 3.51. The van der Waals surface area contributed by atoms with Gasteiger partial charge >= 0.3 is 11.9 Å². The van der Waals surface area contributed by atoms with E-state index < -0.39 is 11.9 Å². The van der Waals surface area contributed by atoms with Crippen molar-refractivity contribution in [3.05, 3.63) is 41.5 Å². The minimum Gasteiger partial charge on any atom is -0.507 e. The highest BCUT2D eigenvalue weighted by Gasteiger charge is 2.19. The number of hydrogen-bond acceptors (Lipinski definition) is 5. The standard InChI is InChI=1S/C13H14O5/c1-4-5-8-6-9(12(15)17-2)7-10(11(8)14)13(16)18-3/h4,6-7,14H,1,5H2,2-3H3. The molecule has 0 heterocycles. The first kappa shape index (κ1) is 13.8. The summed E-state index contributed by atoms with van der Waals surface area (Å²) < 4.78 is 9.12. The fourth-order valence-electron chi connectivity index (χ4n) is 1.51. The molecule has 0 radical (unpaired) electrons. The number of benzene rings is 1. The van der Waals surface area contributed by atoms with E-state index in [1.54, 1.807) is 6.08 Å². The van der Waals surface area contributed by atoms with E-state index in [0.717, 1.165) is 0 Å². The third kappa shape index (κ3) is 2.68. The van der Waals surface area contributed by atoms with Crippen LogP contribution in [0.15, 0.2) is 24.8 Å². The first-order valence-electron chi connectivity index (χ1n) is 5.18. The highest BCUT2D eigenvalue weighted by atomic mass is 16.5. The van der Waals surface area contributed by atoms with Gasteiger partial charge in [0, 0.05) is 0 Å². The van der Waals surface area contributed by atoms with Crippen LogP contribution in [0.3, 0.4) is 0 Å². The highest BCUT2D eigenvalue weighted by molar-refractivity contribution is 5.97. The van der Waals surface area contributed by atoms with E-state index in [0.29, 0.717) is 12.0 Å². The van der Waals surface area contributed by atoms with Gasteiger partial charge < -0.3 is 14.6 Å². The molecule has 1 rings (SSSR count). The SMILES string of the molecule is C=CCc1cc(C(=O)OC)cc(C(=O)OC)c1O. The van der Waals surface area contributed by atoms with Crippen LogP contribution in [0.1, 0.15) is 26.3 Å². The molecule has 0 aliphatic carbocycles. The maximum Gasteiger partial charge on any atom is 0.341 e. The molecule has 5 heteroatoms. The Morgan fingerprint density at radius 2 is 1.89 bits per heavy atom. The Labute approximate surface area is 105 Å². The number of phenolic OH excluding ortho intramolecular Hbond substituents is 1. The van der Waals surface area contributed by atoms with Crippen molar-refractivity contribution >= 4 is 11.9 Å². The van der Waals surface area contributed by atoms with Gasteiger partial charge in [-0.15, -0.1) is 6.58 Å². The number of esters is 2. The van der Waals surface area contributed by atoms with Gasteiger partial charge in [-0.3, -0.25) is 0 Å². The van der Waals surface area contributed by atoms with Crippen LogP contribution in [0, 0.1) is 0 Å². The molecule has 0 bridgehead atoms. The van der Waals surface area contributed by atoms with Gasteiger partial charge in [0.2, 0.25) is 0 Å². The summed E-state index contributed by atoms with van der Waals surface area (Å²) in [5, 5.41) is 9.90. The van der Waals surface area contributed by atoms with Crippen molar-refractivity contribution in [3.8, 4) is 5.75 Å². The molecule has 0 saturated heterocycles. The molecular formula is C13H14O5. The van der Waals surface area contributed by atoms with Crippen molar-refractivity contribution < 1.29 is 24.2 Å². The molecule has 0 fully saturated rings. The van der Waals surface area contributed by atoms with Gasteiger partial charge in [0.05, 0.1) is 19.8 Å². The molecule has 0 aliphatic rings. The fraction of sp³-hybridized carbons (Fsp3) is 0.231. The van der Waals surface area contributed by atoms with Gasteiger partial charge in [-0.05, 0) is 24.1 Å². The Hall–Kier alpha value is -2.30. The van der Waals surface area contributed by atoms with Crippen molar-refractivity contribution in [2.75, 3.05) is 14.2 Å². The van der Waals surface area contributed by atoms with Gasteiger partial charge in [0.1, 0.15) is 11.3 Å². The Kier molecular flexibility index (Phi) is 4.48. The number of hydrogen-bond donors (Lipinski definition) is 1. The minimum absolute atomic E-state index is 0.0720. The number of phenols is 1. The number of aromatic hydroxyl groups is 1. The average Bonchev–Trinajstić information content (AvgIpc) is 2.39. The Morgan fingerprint density at radius 3 is 2.39 bits per heavy atom. The molecular weight excluding hydrogens is 236 g/mol. The van der Waals surface area contributed by atoms with Crippen LogP contribution in [-0.4, -0.2) is 31.3 Å². The lowest BCUT2D eigenvalue weighted by atomic mass is 10.0. The van der Waals surface area contributed by atoms with Gasteiger partial charge in [0.15, 0.2) is 0 Å². The first-order chi connectivity index (χ1) is 8.54. The summed E-state index contributed by atoms with van der Waals surface area (Å²) in [7, 11) is 2.43. The van der Waals surface area contributed by atoms with E-state index in [1.165, 1.54) is 26.4 Å². The predicted molar refractivity (Wildman–Crippen MR) is 64.7 cm³/mol. The smallest absolute Gasteiger partial charge is 0.341 e. The van der Waals surface area contributed by atoms with Crippen LogP contribution in [0.4, 0.5) is 0 Å². The lowest BCUT2D eigenvalue weighted by Crippen LogP contribution is -2.08. The van der Waals surface area contributed by atoms with E-state index in [4.69, 9.17) is 0 Å². The zero-order valence-corrected chi connectivity index (χ0v) is 10.2. The van der Waals surface area contributed by atoms with Crippen molar-refractivity contribution in [1.29, 1.82) is 0 Å². The summed E-state index contributed by atoms with van der Waals surface area (Å²) in [6.45, 7) is 3.54. The molecule has 0 saturated carbocycles. The van der Waals surface area contributed by atoms with E-state index in [2.05, 4.69) is 16.1 Å². The summed E-state index contributed by atoms with van der Waals surface area (Å²) in [5.41, 5.74) is 0.512. The van der Waals surface area contributed by atoms with Crippen LogP contribution >= 0.6 is 0 Å². The molecule has 0 aliphatic heterocycles. The van der Waals surface area contributed by atoms with Gasteiger partial charge in [-0.2, -0.15) is 0 Å². The summed E-state index contributed by atoms with van der Waals surface area (Å²) in [4.78, 5) is 23.0. The van der Waals surface area contributed by atoms with E-state index in [1.807, 2.05) is 0 Å². The Balaban J connectivity index is 3.40. The maximum absolute atomic E-state index is 11.5. The second-order valence-electron chi connectivity index (χ2n) is 3.51. The quantitative estimate of drug-likeness (QED) is 0.650. The first-order valence-corrected chi connectivity index (χ1v) is 5.18. The molecule has 1 N–H and O–H groups in total. The van der Waals surface area contributed by atoms with Gasteiger partial charge in [-0.25, -0.2) is 9.59 Å². The molecule has 1 aromatic rings. The zero-order valence-electron chi connectivity index (χ0n) is 10.2. The average molecular weight is 250 g/mol. The van der Waals surface area contributed by atoms with Crippen molar-refractivity contribution in [3.63, 3.8) is 0 Å². The maximum atomic E-state index is 11.5. The van der Waals surface area contributed by atoms with E-state index in [9.17, 15) is 14.7 Å². The van der Waals surface area contributed by atoms with Crippen LogP contribution in [-0.2, 0) is 15.9 Å². The molecule has 0 spiro atoms. The van der Waals surface area contributed by atoms with Crippen LogP contribution in [0.5, 0.6) is 5.75 Å². The van der Waals surface area contributed by atoms with Gasteiger partial charge in [-0.1, -0.05) is 6.08 Å². The molecule has 0 amide bonds. The summed E-state index contributed by atoms with van der Waals surface area (Å²) in [5.74, 6) is -1.52. The van der Waals surface area contributed by atoms with Crippen molar-refractivity contribution in [2.45, 2.75) is 6.42 Å². The van der Waals surface area contributed by atoms with Crippen LogP contribution < -0.4 is 0 Å². The van der Waals surface area contributed by atoms with Crippen molar-refractivity contribution in [1.82, 2.24) is 0 Å². The highest BCUT2D eigenvalue weighted by Crippen LogP contribution is 2.26. The molecule has 1 aromatic carbocycles. The normalized spacial score (nSPS) is 9.67. The monoisotopic (exact) mass is 250 g/mol. The number of carbonyl (C=O) groups excluding carboxylic acids is 2. The number of carbonyl (C=O) groups is 2. The second kappa shape index (κ2) is 5.86. The molecule has 96 valence electrons. The van der Waals surface area contributed by atoms with Gasteiger partial charge in [0.25, 0.3) is 0 Å². The summed E-state index contributed by atoms with van der Waals surface area (Å²) in [6.07, 6.45) is 1.87. The van der Waals surface area contributed by atoms with Crippen LogP contribution in [0.25, 0.3) is 0 Å². The van der Waals surface area contributed by atoms with Crippen molar-refractivity contribution in [2.24, 2.45) is 0 Å². The number of methoxy groups -OCH3 is 2. The van der Waals surface area contributed by atoms with E-state index in [-0.39, 0.29) is 16.9 Å². The number of allylic oxidation sites excluding steroid dienone is 1. The molecule has 0 aromatic heterocycles. The third-order valence-corrected chi connectivity index (χ3v) is 2.38. The molecule has 0 unspecified atom stereocenters. The number of rotatable bonds is 4. The minimum atomic E-state index is -0.719. The van der Waals surface area contributed by atoms with Crippen LogP contribution in [0.2, 0.25) is 0 Å². The molecule has 0 atom stereocenters. The lowest BCUT2D eigenvalue weighted by Gasteiger charge is -2.09. The zero-order chi connectivity index (χ0) is 13.7. The summed E-state index contributed by atoms with van der Waals surface area (Å²) in [6, 6.07) is 2.69. The fourth-order valence-corrected chi connectivity index (χ4v) is 1.51. The number of ether oxygens (including phenoxy) is 2. The largest absolute Gasteiger partial charge is 0.507 e. The Morgan fingerprint density at radius 1 is 1.28 bits per heavy atom. The molecule has 18 heavy (non-hydrogen) atoms. The molecule has 5 nitrogen and oxygen atoms in total. The summed E-state index contributed by atoms with van der Waals surface area (Å²) >= 11 is 0. The Bertz CT molecular complexity index is 490. The third-order valence-electron chi connectivity index (χ3n) is 2.38. The lowest BCUT2D eigenvalue weighted by molar-refractivity contribution is 0.0596.